The van der Waals surface area contributed by atoms with Crippen LogP contribution in [0.5, 0.6) is 0 Å². The molecule has 3 nitrogen and oxygen atoms in total. The smallest absolute Gasteiger partial charge is 0.379 e. The van der Waals surface area contributed by atoms with Gasteiger partial charge in [-0.2, -0.15) is 25.8 Å². The highest BCUT2D eigenvalue weighted by molar-refractivity contribution is 7.80. The van der Waals surface area contributed by atoms with E-state index >= 15 is 0 Å². The first-order chi connectivity index (χ1) is 8.01. The Bertz CT molecular complexity index is 208. The second-order valence-electron chi connectivity index (χ2n) is 4.07. The van der Waals surface area contributed by atoms with Gasteiger partial charge in [-0.1, -0.05) is 0 Å². The topological polar surface area (TPSA) is 15.7 Å². The van der Waals surface area contributed by atoms with Crippen molar-refractivity contribution in [3.05, 3.63) is 0 Å². The molecular weight excluding hydrogens is 253 g/mol. The van der Waals surface area contributed by atoms with Crippen LogP contribution < -0.4 is 0 Å². The van der Waals surface area contributed by atoms with Crippen LogP contribution in [-0.2, 0) is 4.74 Å². The molecule has 0 aromatic heterocycles. The first kappa shape index (κ1) is 15.1. The second-order valence-corrected chi connectivity index (χ2v) is 4.52. The lowest BCUT2D eigenvalue weighted by Gasteiger charge is -2.34. The summed E-state index contributed by atoms with van der Waals surface area (Å²) in [6.07, 6.45) is -4.09. The Kier molecular flexibility index (Phi) is 6.61. The number of thiol groups is 1. The number of hydrogen-bond acceptors (Lipinski definition) is 4. The van der Waals surface area contributed by atoms with Crippen molar-refractivity contribution in [3.8, 4) is 0 Å². The van der Waals surface area contributed by atoms with Gasteiger partial charge in [-0.3, -0.25) is 9.80 Å². The van der Waals surface area contributed by atoms with Crippen LogP contribution in [0.2, 0.25) is 0 Å². The number of hydrogen-bond donors (Lipinski definition) is 1. The molecule has 1 rings (SSSR count). The number of nitrogens with zero attached hydrogens (tertiary/aromatic N) is 2. The van der Waals surface area contributed by atoms with Gasteiger partial charge in [0.15, 0.2) is 0 Å². The SMILES string of the molecule is FC(F)(F)CN1CCN(CCOCCS)CC1. The molecule has 0 spiro atoms. The largest absolute Gasteiger partial charge is 0.401 e. The molecule has 0 bridgehead atoms. The zero-order chi connectivity index (χ0) is 12.7. The molecule has 0 aromatic carbocycles. The van der Waals surface area contributed by atoms with Crippen molar-refractivity contribution in [2.24, 2.45) is 0 Å². The van der Waals surface area contributed by atoms with Crippen molar-refractivity contribution >= 4 is 12.6 Å². The molecule has 0 saturated carbocycles. The lowest BCUT2D eigenvalue weighted by atomic mass is 10.3. The molecule has 7 heteroatoms. The van der Waals surface area contributed by atoms with Crippen molar-refractivity contribution in [1.29, 1.82) is 0 Å². The zero-order valence-electron chi connectivity index (χ0n) is 9.75. The fourth-order valence-corrected chi connectivity index (χ4v) is 1.91. The Labute approximate surface area is 105 Å². The lowest BCUT2D eigenvalue weighted by molar-refractivity contribution is -0.149. The molecule has 102 valence electrons. The molecule has 1 fully saturated rings. The van der Waals surface area contributed by atoms with Crippen LogP contribution in [0.3, 0.4) is 0 Å². The van der Waals surface area contributed by atoms with Gasteiger partial charge < -0.3 is 4.74 Å². The summed E-state index contributed by atoms with van der Waals surface area (Å²) >= 11 is 4.02. The average molecular weight is 272 g/mol. The van der Waals surface area contributed by atoms with E-state index in [9.17, 15) is 13.2 Å². The van der Waals surface area contributed by atoms with Crippen molar-refractivity contribution in [1.82, 2.24) is 9.80 Å². The van der Waals surface area contributed by atoms with Crippen molar-refractivity contribution < 1.29 is 17.9 Å². The monoisotopic (exact) mass is 272 g/mol. The van der Waals surface area contributed by atoms with Gasteiger partial charge in [-0.15, -0.1) is 0 Å². The van der Waals surface area contributed by atoms with E-state index in [1.54, 1.807) is 0 Å². The first-order valence-corrected chi connectivity index (χ1v) is 6.34. The van der Waals surface area contributed by atoms with Gasteiger partial charge in [0.2, 0.25) is 0 Å². The summed E-state index contributed by atoms with van der Waals surface area (Å²) in [6, 6.07) is 0. The third-order valence-corrected chi connectivity index (χ3v) is 2.84. The highest BCUT2D eigenvalue weighted by Crippen LogP contribution is 2.17. The van der Waals surface area contributed by atoms with Gasteiger partial charge >= 0.3 is 6.18 Å². The Morgan fingerprint density at radius 1 is 1.00 bits per heavy atom. The average Bonchev–Trinajstić information content (AvgIpc) is 2.25. The predicted molar refractivity (Wildman–Crippen MR) is 63.6 cm³/mol. The van der Waals surface area contributed by atoms with E-state index in [0.29, 0.717) is 45.1 Å². The quantitative estimate of drug-likeness (QED) is 0.576. The normalized spacial score (nSPS) is 19.8. The number of rotatable bonds is 6. The molecule has 1 saturated heterocycles. The molecule has 0 aliphatic carbocycles. The summed E-state index contributed by atoms with van der Waals surface area (Å²) in [5, 5.41) is 0. The van der Waals surface area contributed by atoms with Crippen LogP contribution >= 0.6 is 12.6 Å². The Morgan fingerprint density at radius 3 is 2.12 bits per heavy atom. The van der Waals surface area contributed by atoms with Gasteiger partial charge in [0, 0.05) is 38.5 Å². The van der Waals surface area contributed by atoms with Gasteiger partial charge in [0.25, 0.3) is 0 Å². The fourth-order valence-electron chi connectivity index (χ4n) is 1.78. The molecule has 0 unspecified atom stereocenters. The number of halogens is 3. The predicted octanol–water partition coefficient (Wildman–Crippen LogP) is 1.11. The van der Waals surface area contributed by atoms with Crippen molar-refractivity contribution in [2.45, 2.75) is 6.18 Å². The van der Waals surface area contributed by atoms with E-state index in [1.165, 1.54) is 4.90 Å². The molecule has 0 radical (unpaired) electrons. The maximum Gasteiger partial charge on any atom is 0.401 e. The third-order valence-electron chi connectivity index (χ3n) is 2.66. The van der Waals surface area contributed by atoms with Crippen LogP contribution in [-0.4, -0.2) is 74.2 Å². The highest BCUT2D eigenvalue weighted by Gasteiger charge is 2.31. The van der Waals surface area contributed by atoms with Gasteiger partial charge in [-0.25, -0.2) is 0 Å². The van der Waals surface area contributed by atoms with Crippen LogP contribution in [0, 0.1) is 0 Å². The lowest BCUT2D eigenvalue weighted by Crippen LogP contribution is -2.49. The van der Waals surface area contributed by atoms with Crippen LogP contribution in [0.4, 0.5) is 13.2 Å². The summed E-state index contributed by atoms with van der Waals surface area (Å²) in [4.78, 5) is 3.58. The summed E-state index contributed by atoms with van der Waals surface area (Å²) in [6.45, 7) is 3.56. The minimum atomic E-state index is -4.09. The summed E-state index contributed by atoms with van der Waals surface area (Å²) in [5.41, 5.74) is 0. The fraction of sp³-hybridized carbons (Fsp3) is 1.00. The number of ether oxygens (including phenoxy) is 1. The van der Waals surface area contributed by atoms with E-state index in [-0.39, 0.29) is 0 Å². The van der Waals surface area contributed by atoms with Gasteiger partial charge in [-0.05, 0) is 0 Å². The zero-order valence-corrected chi connectivity index (χ0v) is 10.6. The summed E-state index contributed by atoms with van der Waals surface area (Å²) < 4.78 is 41.7. The van der Waals surface area contributed by atoms with Gasteiger partial charge in [0.1, 0.15) is 0 Å². The first-order valence-electron chi connectivity index (χ1n) is 5.71. The molecule has 0 aromatic rings. The maximum atomic E-state index is 12.1. The van der Waals surface area contributed by atoms with Crippen LogP contribution in [0.15, 0.2) is 0 Å². The maximum absolute atomic E-state index is 12.1. The standard InChI is InChI=1S/C10H19F3N2OS/c11-10(12,13)9-15-3-1-14(2-4-15)5-6-16-7-8-17/h17H,1-9H2. The molecule has 1 heterocycles. The molecule has 17 heavy (non-hydrogen) atoms. The molecular formula is C10H19F3N2OS. The molecule has 0 amide bonds. The summed E-state index contributed by atoms with van der Waals surface area (Å²) in [5.74, 6) is 0.694. The summed E-state index contributed by atoms with van der Waals surface area (Å²) in [7, 11) is 0. The Morgan fingerprint density at radius 2 is 1.59 bits per heavy atom. The van der Waals surface area contributed by atoms with E-state index in [4.69, 9.17) is 4.74 Å². The van der Waals surface area contributed by atoms with Crippen molar-refractivity contribution in [2.75, 3.05) is 58.2 Å². The molecule has 1 aliphatic rings. The molecule has 1 aliphatic heterocycles. The Balaban J connectivity index is 2.09. The molecule has 0 N–H and O–H groups in total. The van der Waals surface area contributed by atoms with Crippen LogP contribution in [0.1, 0.15) is 0 Å². The van der Waals surface area contributed by atoms with Crippen molar-refractivity contribution in [3.63, 3.8) is 0 Å². The number of alkyl halides is 3. The minimum absolute atomic E-state index is 0.478. The van der Waals surface area contributed by atoms with Gasteiger partial charge in [0.05, 0.1) is 19.8 Å². The van der Waals surface area contributed by atoms with Crippen LogP contribution in [0.25, 0.3) is 0 Å². The van der Waals surface area contributed by atoms with E-state index in [1.807, 2.05) is 0 Å². The third kappa shape index (κ3) is 7.13. The number of piperazine rings is 1. The molecule has 0 atom stereocenters. The minimum Gasteiger partial charge on any atom is -0.379 e. The second kappa shape index (κ2) is 7.45. The highest BCUT2D eigenvalue weighted by atomic mass is 32.1. The van der Waals surface area contributed by atoms with E-state index in [0.717, 1.165) is 6.54 Å². The van der Waals surface area contributed by atoms with E-state index < -0.39 is 12.7 Å². The van der Waals surface area contributed by atoms with E-state index in [2.05, 4.69) is 17.5 Å². The Hall–Kier alpha value is 0.0200.